The van der Waals surface area contributed by atoms with E-state index < -0.39 is 0 Å². The van der Waals surface area contributed by atoms with E-state index in [9.17, 15) is 5.11 Å². The molecule has 33 heavy (non-hydrogen) atoms. The second kappa shape index (κ2) is 9.09. The first-order chi connectivity index (χ1) is 16.2. The van der Waals surface area contributed by atoms with Crippen LogP contribution >= 0.6 is 0 Å². The Labute approximate surface area is 194 Å². The standard InChI is InChI=1S/C30H24N2O/c1-21(22-10-3-2-4-11-22)25-14-8-15-26(30(25)33)29-18-9-17-28(32-29)24-13-7-12-23(20-24)27-16-5-6-19-31-27/h2-21,33H,1H3. The van der Waals surface area contributed by atoms with E-state index in [2.05, 4.69) is 36.2 Å². The predicted molar refractivity (Wildman–Crippen MR) is 134 cm³/mol. The van der Waals surface area contributed by atoms with Gasteiger partial charge in [0.2, 0.25) is 0 Å². The molecule has 0 fully saturated rings. The Kier molecular flexibility index (Phi) is 5.69. The molecule has 0 aliphatic rings. The van der Waals surface area contributed by atoms with Crippen LogP contribution in [0.2, 0.25) is 0 Å². The lowest BCUT2D eigenvalue weighted by Gasteiger charge is -2.16. The second-order valence-corrected chi connectivity index (χ2v) is 8.08. The Morgan fingerprint density at radius 2 is 1.30 bits per heavy atom. The number of para-hydroxylation sites is 1. The van der Waals surface area contributed by atoms with Crippen molar-refractivity contribution in [3.63, 3.8) is 0 Å². The summed E-state index contributed by atoms with van der Waals surface area (Å²) in [6.07, 6.45) is 1.80. The molecule has 1 unspecified atom stereocenters. The summed E-state index contributed by atoms with van der Waals surface area (Å²) in [6.45, 7) is 2.11. The Bertz CT molecular complexity index is 1380. The van der Waals surface area contributed by atoms with Crippen LogP contribution in [0.3, 0.4) is 0 Å². The molecule has 0 saturated carbocycles. The molecular weight excluding hydrogens is 404 g/mol. The number of pyridine rings is 2. The van der Waals surface area contributed by atoms with Gasteiger partial charge in [-0.25, -0.2) is 4.98 Å². The zero-order valence-corrected chi connectivity index (χ0v) is 18.4. The number of nitrogens with zero attached hydrogens (tertiary/aromatic N) is 2. The van der Waals surface area contributed by atoms with Crippen molar-refractivity contribution in [3.8, 4) is 39.5 Å². The normalized spacial score (nSPS) is 11.8. The fraction of sp³-hybridized carbons (Fsp3) is 0.0667. The Hall–Kier alpha value is -4.24. The van der Waals surface area contributed by atoms with Crippen molar-refractivity contribution >= 4 is 0 Å². The van der Waals surface area contributed by atoms with E-state index in [0.29, 0.717) is 0 Å². The van der Waals surface area contributed by atoms with Gasteiger partial charge in [0.05, 0.1) is 17.1 Å². The Balaban J connectivity index is 1.52. The van der Waals surface area contributed by atoms with Crippen LogP contribution in [0.4, 0.5) is 0 Å². The van der Waals surface area contributed by atoms with E-state index in [4.69, 9.17) is 4.98 Å². The summed E-state index contributed by atoms with van der Waals surface area (Å²) >= 11 is 0. The molecule has 2 aromatic heterocycles. The van der Waals surface area contributed by atoms with Crippen LogP contribution in [-0.2, 0) is 0 Å². The van der Waals surface area contributed by atoms with Gasteiger partial charge >= 0.3 is 0 Å². The van der Waals surface area contributed by atoms with Crippen LogP contribution in [0.1, 0.15) is 24.0 Å². The van der Waals surface area contributed by atoms with Crippen molar-refractivity contribution in [3.05, 3.63) is 127 Å². The summed E-state index contributed by atoms with van der Waals surface area (Å²) in [6, 6.07) is 36.2. The SMILES string of the molecule is CC(c1ccccc1)c1cccc(-c2cccc(-c3cccc(-c4ccccn4)c3)n2)c1O. The molecule has 3 heteroatoms. The summed E-state index contributed by atoms with van der Waals surface area (Å²) in [5.74, 6) is 0.352. The van der Waals surface area contributed by atoms with Gasteiger partial charge in [-0.05, 0) is 42.0 Å². The molecule has 1 N–H and O–H groups in total. The van der Waals surface area contributed by atoms with E-state index in [1.165, 1.54) is 0 Å². The predicted octanol–water partition coefficient (Wildman–Crippen LogP) is 7.34. The monoisotopic (exact) mass is 428 g/mol. The quantitative estimate of drug-likeness (QED) is 0.319. The third-order valence-electron chi connectivity index (χ3n) is 5.98. The second-order valence-electron chi connectivity index (χ2n) is 8.08. The highest BCUT2D eigenvalue weighted by Crippen LogP contribution is 2.38. The molecule has 5 rings (SSSR count). The Morgan fingerprint density at radius 3 is 2.09 bits per heavy atom. The molecule has 0 saturated heterocycles. The highest BCUT2D eigenvalue weighted by Gasteiger charge is 2.17. The molecule has 0 bridgehead atoms. The zero-order valence-electron chi connectivity index (χ0n) is 18.4. The lowest BCUT2D eigenvalue weighted by molar-refractivity contribution is 0.468. The van der Waals surface area contributed by atoms with Crippen molar-refractivity contribution < 1.29 is 5.11 Å². The first-order valence-corrected chi connectivity index (χ1v) is 11.1. The number of aromatic nitrogens is 2. The number of rotatable bonds is 5. The summed E-state index contributed by atoms with van der Waals surface area (Å²) in [5.41, 5.74) is 7.37. The van der Waals surface area contributed by atoms with Gasteiger partial charge in [-0.3, -0.25) is 4.98 Å². The molecule has 0 aliphatic carbocycles. The molecule has 1 atom stereocenters. The lowest BCUT2D eigenvalue weighted by atomic mass is 9.90. The van der Waals surface area contributed by atoms with E-state index in [1.807, 2.05) is 84.9 Å². The summed E-state index contributed by atoms with van der Waals surface area (Å²) in [4.78, 5) is 9.36. The molecule has 0 radical (unpaired) electrons. The number of phenolic OH excluding ortho intramolecular Hbond substituents is 1. The van der Waals surface area contributed by atoms with Crippen molar-refractivity contribution in [2.45, 2.75) is 12.8 Å². The molecule has 5 aromatic rings. The van der Waals surface area contributed by atoms with Crippen molar-refractivity contribution in [2.24, 2.45) is 0 Å². The highest BCUT2D eigenvalue weighted by molar-refractivity contribution is 5.74. The van der Waals surface area contributed by atoms with Crippen LogP contribution < -0.4 is 0 Å². The summed E-state index contributed by atoms with van der Waals surface area (Å²) < 4.78 is 0. The van der Waals surface area contributed by atoms with Crippen LogP contribution in [0.15, 0.2) is 115 Å². The number of benzene rings is 3. The minimum atomic E-state index is 0.0735. The topological polar surface area (TPSA) is 46.0 Å². The van der Waals surface area contributed by atoms with Crippen LogP contribution in [-0.4, -0.2) is 15.1 Å². The average Bonchev–Trinajstić information content (AvgIpc) is 2.90. The van der Waals surface area contributed by atoms with E-state index in [1.54, 1.807) is 6.20 Å². The van der Waals surface area contributed by atoms with Gasteiger partial charge in [0.1, 0.15) is 5.75 Å². The van der Waals surface area contributed by atoms with Gasteiger partial charge in [0.25, 0.3) is 0 Å². The number of hydrogen-bond acceptors (Lipinski definition) is 3. The van der Waals surface area contributed by atoms with Crippen molar-refractivity contribution in [1.29, 1.82) is 0 Å². The number of aromatic hydroxyl groups is 1. The smallest absolute Gasteiger partial charge is 0.128 e. The third-order valence-corrected chi connectivity index (χ3v) is 5.98. The van der Waals surface area contributed by atoms with Crippen LogP contribution in [0, 0.1) is 0 Å². The summed E-state index contributed by atoms with van der Waals surface area (Å²) in [7, 11) is 0. The first-order valence-electron chi connectivity index (χ1n) is 11.1. The number of hydrogen-bond donors (Lipinski definition) is 1. The maximum atomic E-state index is 11.2. The van der Waals surface area contributed by atoms with E-state index in [0.717, 1.165) is 44.9 Å². The van der Waals surface area contributed by atoms with Crippen molar-refractivity contribution in [1.82, 2.24) is 9.97 Å². The molecule has 2 heterocycles. The fourth-order valence-corrected chi connectivity index (χ4v) is 4.16. The van der Waals surface area contributed by atoms with Gasteiger partial charge in [0, 0.05) is 34.4 Å². The minimum Gasteiger partial charge on any atom is -0.507 e. The van der Waals surface area contributed by atoms with Gasteiger partial charge in [-0.1, -0.05) is 79.7 Å². The molecule has 0 spiro atoms. The number of phenols is 1. The highest BCUT2D eigenvalue weighted by atomic mass is 16.3. The largest absolute Gasteiger partial charge is 0.507 e. The molecular formula is C30H24N2O. The molecule has 3 nitrogen and oxygen atoms in total. The maximum absolute atomic E-state index is 11.2. The zero-order chi connectivity index (χ0) is 22.6. The van der Waals surface area contributed by atoms with Gasteiger partial charge in [-0.2, -0.15) is 0 Å². The van der Waals surface area contributed by atoms with Crippen LogP contribution in [0.25, 0.3) is 33.8 Å². The summed E-state index contributed by atoms with van der Waals surface area (Å²) in [5, 5.41) is 11.2. The van der Waals surface area contributed by atoms with Gasteiger partial charge in [-0.15, -0.1) is 0 Å². The van der Waals surface area contributed by atoms with E-state index in [-0.39, 0.29) is 11.7 Å². The molecule has 0 amide bonds. The fourth-order valence-electron chi connectivity index (χ4n) is 4.16. The van der Waals surface area contributed by atoms with Crippen molar-refractivity contribution in [2.75, 3.05) is 0 Å². The lowest BCUT2D eigenvalue weighted by Crippen LogP contribution is -1.98. The molecule has 160 valence electrons. The van der Waals surface area contributed by atoms with Gasteiger partial charge < -0.3 is 5.11 Å². The first kappa shape index (κ1) is 20.7. The van der Waals surface area contributed by atoms with Crippen LogP contribution in [0.5, 0.6) is 5.75 Å². The van der Waals surface area contributed by atoms with Gasteiger partial charge in [0.15, 0.2) is 0 Å². The minimum absolute atomic E-state index is 0.0735. The third kappa shape index (κ3) is 4.26. The molecule has 3 aromatic carbocycles. The molecule has 0 aliphatic heterocycles. The average molecular weight is 429 g/mol. The maximum Gasteiger partial charge on any atom is 0.128 e. The van der Waals surface area contributed by atoms with E-state index >= 15 is 0 Å². The Morgan fingerprint density at radius 1 is 0.636 bits per heavy atom.